The van der Waals surface area contributed by atoms with Crippen molar-refractivity contribution in [2.75, 3.05) is 0 Å². The third-order valence-corrected chi connectivity index (χ3v) is 8.16. The molecule has 9 heteroatoms. The molecule has 29 heavy (non-hydrogen) atoms. The predicted molar refractivity (Wildman–Crippen MR) is 117 cm³/mol. The van der Waals surface area contributed by atoms with Crippen molar-refractivity contribution < 1.29 is 8.42 Å². The highest BCUT2D eigenvalue weighted by Gasteiger charge is 2.31. The predicted octanol–water partition coefficient (Wildman–Crippen LogP) is 4.81. The molecule has 0 amide bonds. The van der Waals surface area contributed by atoms with Crippen LogP contribution in [-0.2, 0) is 16.6 Å². The molecule has 1 atom stereocenters. The number of rotatable bonds is 9. The van der Waals surface area contributed by atoms with E-state index in [1.54, 1.807) is 10.7 Å². The van der Waals surface area contributed by atoms with Gasteiger partial charge in [0, 0.05) is 0 Å². The lowest BCUT2D eigenvalue weighted by atomic mass is 9.94. The van der Waals surface area contributed by atoms with Gasteiger partial charge in [0.1, 0.15) is 16.4 Å². The van der Waals surface area contributed by atoms with E-state index < -0.39 is 16.1 Å². The second kappa shape index (κ2) is 9.38. The standard InChI is InChI=1S/C20H25ClN4O2S2/c1-4-16(5-2)19(24-29(26,27)18-11-10-17(21)28-18)20-22-13-23-25(20)12-15-8-6-14(3)7-9-15/h6-11,13,16,19,24H,4-5,12H2,1-3H3. The molecular formula is C20H25ClN4O2S2. The zero-order chi connectivity index (χ0) is 21.0. The number of hydrogen-bond acceptors (Lipinski definition) is 5. The fourth-order valence-electron chi connectivity index (χ4n) is 3.29. The number of aryl methyl sites for hydroxylation is 1. The minimum atomic E-state index is -3.72. The van der Waals surface area contributed by atoms with Crippen LogP contribution in [0.5, 0.6) is 0 Å². The third kappa shape index (κ3) is 5.25. The van der Waals surface area contributed by atoms with Gasteiger partial charge in [-0.25, -0.2) is 18.1 Å². The molecule has 0 aliphatic rings. The Hall–Kier alpha value is -1.74. The molecule has 3 aromatic rings. The summed E-state index contributed by atoms with van der Waals surface area (Å²) >= 11 is 6.99. The van der Waals surface area contributed by atoms with E-state index >= 15 is 0 Å². The molecule has 0 saturated carbocycles. The second-order valence-electron chi connectivity index (χ2n) is 7.00. The number of halogens is 1. The summed E-state index contributed by atoms with van der Waals surface area (Å²) in [6.07, 6.45) is 3.10. The topological polar surface area (TPSA) is 76.9 Å². The van der Waals surface area contributed by atoms with E-state index in [9.17, 15) is 8.42 Å². The molecule has 0 radical (unpaired) electrons. The first-order chi connectivity index (χ1) is 13.8. The van der Waals surface area contributed by atoms with Crippen molar-refractivity contribution in [3.05, 3.63) is 64.0 Å². The van der Waals surface area contributed by atoms with Gasteiger partial charge in [0.25, 0.3) is 10.0 Å². The Kier molecular flexibility index (Phi) is 7.10. The van der Waals surface area contributed by atoms with Crippen LogP contribution >= 0.6 is 22.9 Å². The highest BCUT2D eigenvalue weighted by molar-refractivity contribution is 7.91. The molecule has 1 aromatic carbocycles. The zero-order valence-electron chi connectivity index (χ0n) is 16.7. The van der Waals surface area contributed by atoms with Crippen molar-refractivity contribution in [1.82, 2.24) is 19.5 Å². The maximum atomic E-state index is 13.0. The Morgan fingerprint density at radius 3 is 2.41 bits per heavy atom. The smallest absolute Gasteiger partial charge is 0.244 e. The Morgan fingerprint density at radius 2 is 1.83 bits per heavy atom. The summed E-state index contributed by atoms with van der Waals surface area (Å²) in [7, 11) is -3.72. The Labute approximate surface area is 181 Å². The first kappa shape index (κ1) is 22.0. The quantitative estimate of drug-likeness (QED) is 0.505. The van der Waals surface area contributed by atoms with Crippen molar-refractivity contribution in [3.63, 3.8) is 0 Å². The molecule has 0 spiro atoms. The molecule has 0 bridgehead atoms. The van der Waals surface area contributed by atoms with Gasteiger partial charge in [-0.3, -0.25) is 0 Å². The van der Waals surface area contributed by atoms with Crippen LogP contribution in [0.1, 0.15) is 49.7 Å². The number of thiophene rings is 1. The molecular weight excluding hydrogens is 428 g/mol. The van der Waals surface area contributed by atoms with Crippen LogP contribution in [0.3, 0.4) is 0 Å². The Morgan fingerprint density at radius 1 is 1.14 bits per heavy atom. The summed E-state index contributed by atoms with van der Waals surface area (Å²) in [6.45, 7) is 6.68. The molecule has 1 N–H and O–H groups in total. The van der Waals surface area contributed by atoms with Crippen LogP contribution in [0.25, 0.3) is 0 Å². The van der Waals surface area contributed by atoms with Crippen LogP contribution in [0.4, 0.5) is 0 Å². The molecule has 2 aromatic heterocycles. The molecule has 6 nitrogen and oxygen atoms in total. The van der Waals surface area contributed by atoms with E-state index in [0.717, 1.165) is 29.7 Å². The van der Waals surface area contributed by atoms with E-state index in [4.69, 9.17) is 11.6 Å². The SMILES string of the molecule is CCC(CC)C(NS(=O)(=O)c1ccc(Cl)s1)c1ncnn1Cc1ccc(C)cc1. The van der Waals surface area contributed by atoms with Gasteiger partial charge in [-0.15, -0.1) is 11.3 Å². The maximum absolute atomic E-state index is 13.0. The van der Waals surface area contributed by atoms with Crippen molar-refractivity contribution in [1.29, 1.82) is 0 Å². The average Bonchev–Trinajstić information content (AvgIpc) is 3.33. The largest absolute Gasteiger partial charge is 0.250 e. The van der Waals surface area contributed by atoms with E-state index in [-0.39, 0.29) is 10.1 Å². The summed E-state index contributed by atoms with van der Waals surface area (Å²) in [6, 6.07) is 10.8. The molecule has 0 aliphatic carbocycles. The number of nitrogens with zero attached hydrogens (tertiary/aromatic N) is 3. The van der Waals surface area contributed by atoms with Gasteiger partial charge in [-0.05, 0) is 30.5 Å². The minimum absolute atomic E-state index is 0.0844. The van der Waals surface area contributed by atoms with Crippen LogP contribution < -0.4 is 4.72 Å². The molecule has 0 saturated heterocycles. The van der Waals surface area contributed by atoms with Gasteiger partial charge >= 0.3 is 0 Å². The van der Waals surface area contributed by atoms with Crippen molar-refractivity contribution in [2.45, 2.75) is 50.4 Å². The molecule has 0 aliphatic heterocycles. The average molecular weight is 453 g/mol. The van der Waals surface area contributed by atoms with Crippen LogP contribution in [0.2, 0.25) is 4.34 Å². The van der Waals surface area contributed by atoms with E-state index in [1.807, 2.05) is 31.2 Å². The summed E-state index contributed by atoms with van der Waals surface area (Å²) < 4.78 is 31.2. The second-order valence-corrected chi connectivity index (χ2v) is 10.7. The van der Waals surface area contributed by atoms with Crippen LogP contribution in [0.15, 0.2) is 46.9 Å². The van der Waals surface area contributed by atoms with Gasteiger partial charge in [-0.1, -0.05) is 68.1 Å². The number of benzene rings is 1. The molecule has 156 valence electrons. The molecule has 1 unspecified atom stereocenters. The van der Waals surface area contributed by atoms with Crippen molar-refractivity contribution in [2.24, 2.45) is 5.92 Å². The number of sulfonamides is 1. The maximum Gasteiger partial charge on any atom is 0.250 e. The molecule has 3 rings (SSSR count). The highest BCUT2D eigenvalue weighted by atomic mass is 35.5. The minimum Gasteiger partial charge on any atom is -0.244 e. The Bertz CT molecular complexity index is 1040. The summed E-state index contributed by atoms with van der Waals surface area (Å²) in [4.78, 5) is 4.43. The fraction of sp³-hybridized carbons (Fsp3) is 0.400. The highest BCUT2D eigenvalue weighted by Crippen LogP contribution is 2.31. The monoisotopic (exact) mass is 452 g/mol. The lowest BCUT2D eigenvalue weighted by Gasteiger charge is -2.25. The summed E-state index contributed by atoms with van der Waals surface area (Å²) in [5.74, 6) is 0.701. The van der Waals surface area contributed by atoms with Gasteiger partial charge in [0.2, 0.25) is 0 Å². The van der Waals surface area contributed by atoms with Crippen molar-refractivity contribution in [3.8, 4) is 0 Å². The number of nitrogens with one attached hydrogen (secondary N) is 1. The zero-order valence-corrected chi connectivity index (χ0v) is 19.1. The lowest BCUT2D eigenvalue weighted by Crippen LogP contribution is -2.35. The van der Waals surface area contributed by atoms with Gasteiger partial charge in [0.05, 0.1) is 16.9 Å². The van der Waals surface area contributed by atoms with Crippen molar-refractivity contribution >= 4 is 33.0 Å². The van der Waals surface area contributed by atoms with Gasteiger partial charge < -0.3 is 0 Å². The molecule has 2 heterocycles. The van der Waals surface area contributed by atoms with Crippen LogP contribution in [-0.4, -0.2) is 23.2 Å². The molecule has 0 fully saturated rings. The summed E-state index contributed by atoms with van der Waals surface area (Å²) in [5, 5.41) is 4.36. The normalized spacial score (nSPS) is 13.1. The van der Waals surface area contributed by atoms with Gasteiger partial charge in [-0.2, -0.15) is 9.82 Å². The first-order valence-electron chi connectivity index (χ1n) is 9.55. The third-order valence-electron chi connectivity index (χ3n) is 4.99. The van der Waals surface area contributed by atoms with Gasteiger partial charge in [0.15, 0.2) is 0 Å². The number of aromatic nitrogens is 3. The van der Waals surface area contributed by atoms with E-state index in [2.05, 4.69) is 28.7 Å². The number of hydrogen-bond donors (Lipinski definition) is 1. The summed E-state index contributed by atoms with van der Waals surface area (Å²) in [5.41, 5.74) is 2.27. The fourth-order valence-corrected chi connectivity index (χ4v) is 6.05. The van der Waals surface area contributed by atoms with E-state index in [0.29, 0.717) is 16.7 Å². The Balaban J connectivity index is 1.94. The van der Waals surface area contributed by atoms with Crippen LogP contribution in [0, 0.1) is 12.8 Å². The first-order valence-corrected chi connectivity index (χ1v) is 12.2. The van der Waals surface area contributed by atoms with E-state index in [1.165, 1.54) is 18.0 Å². The lowest BCUT2D eigenvalue weighted by molar-refractivity contribution is 0.353.